The lowest BCUT2D eigenvalue weighted by molar-refractivity contribution is 0.143. The highest BCUT2D eigenvalue weighted by Gasteiger charge is 2.11. The van der Waals surface area contributed by atoms with Crippen LogP contribution < -0.4 is 5.56 Å². The molecule has 3 rings (SSSR count). The zero-order valence-electron chi connectivity index (χ0n) is 15.6. The molecule has 3 heteroatoms. The summed E-state index contributed by atoms with van der Waals surface area (Å²) in [6.45, 7) is 7.82. The van der Waals surface area contributed by atoms with Crippen LogP contribution in [0.5, 0.6) is 0 Å². The molecule has 3 aromatic rings. The first-order chi connectivity index (χ1) is 12.2. The molecule has 26 heavy (non-hydrogen) atoms. The summed E-state index contributed by atoms with van der Waals surface area (Å²) < 4.78 is 1.69. The summed E-state index contributed by atoms with van der Waals surface area (Å²) in [5.41, 5.74) is 2.84. The Bertz CT molecular complexity index is 1090. The van der Waals surface area contributed by atoms with Crippen LogP contribution in [0.15, 0.2) is 53.3 Å². The summed E-state index contributed by atoms with van der Waals surface area (Å²) in [7, 11) is 0. The molecule has 0 aliphatic carbocycles. The maximum atomic E-state index is 13.1. The Hall–Kier alpha value is -2.83. The van der Waals surface area contributed by atoms with Crippen molar-refractivity contribution in [3.05, 3.63) is 81.3 Å². The van der Waals surface area contributed by atoms with E-state index in [1.165, 1.54) is 5.56 Å². The monoisotopic (exact) mass is 345 g/mol. The van der Waals surface area contributed by atoms with Crippen LogP contribution in [0.2, 0.25) is 0 Å². The fourth-order valence-corrected chi connectivity index (χ4v) is 2.97. The van der Waals surface area contributed by atoms with Crippen LogP contribution in [-0.2, 0) is 6.54 Å². The van der Waals surface area contributed by atoms with Gasteiger partial charge in [0.15, 0.2) is 0 Å². The summed E-state index contributed by atoms with van der Waals surface area (Å²) in [6.07, 6.45) is 0. The molecular weight excluding hydrogens is 322 g/mol. The number of fused-ring (bicyclic) bond motifs is 1. The molecule has 0 bridgehead atoms. The predicted molar refractivity (Wildman–Crippen MR) is 106 cm³/mol. The number of aromatic nitrogens is 1. The molecule has 3 nitrogen and oxygen atoms in total. The molecule has 0 saturated heterocycles. The Morgan fingerprint density at radius 2 is 1.81 bits per heavy atom. The number of nitrogens with zero attached hydrogens (tertiary/aromatic N) is 1. The normalized spacial score (nSPS) is 11.3. The lowest BCUT2D eigenvalue weighted by atomic mass is 10.0. The number of pyridine rings is 1. The van der Waals surface area contributed by atoms with Crippen LogP contribution in [0.4, 0.5) is 0 Å². The van der Waals surface area contributed by atoms with E-state index in [0.717, 1.165) is 16.5 Å². The third kappa shape index (κ3) is 3.87. The van der Waals surface area contributed by atoms with Crippen molar-refractivity contribution in [3.8, 4) is 11.8 Å². The summed E-state index contributed by atoms with van der Waals surface area (Å²) in [4.78, 5) is 13.1. The second-order valence-electron chi connectivity index (χ2n) is 7.25. The fourth-order valence-electron chi connectivity index (χ4n) is 2.97. The Balaban J connectivity index is 2.22. The van der Waals surface area contributed by atoms with Crippen molar-refractivity contribution in [2.45, 2.75) is 39.8 Å². The molecule has 1 heterocycles. The molecule has 0 amide bonds. The van der Waals surface area contributed by atoms with Gasteiger partial charge in [0.25, 0.3) is 5.56 Å². The first kappa shape index (κ1) is 18.0. The van der Waals surface area contributed by atoms with Crippen LogP contribution >= 0.6 is 0 Å². The number of benzene rings is 2. The maximum absolute atomic E-state index is 13.1. The first-order valence-electron chi connectivity index (χ1n) is 8.69. The molecule has 0 fully saturated rings. The third-order valence-corrected chi connectivity index (χ3v) is 4.34. The Morgan fingerprint density at radius 3 is 2.50 bits per heavy atom. The molecule has 0 aliphatic rings. The van der Waals surface area contributed by atoms with E-state index in [2.05, 4.69) is 43.9 Å². The molecule has 2 aromatic carbocycles. The summed E-state index contributed by atoms with van der Waals surface area (Å²) in [5, 5.41) is 11.5. The van der Waals surface area contributed by atoms with Gasteiger partial charge < -0.3 is 5.11 Å². The number of rotatable bonds is 2. The van der Waals surface area contributed by atoms with Gasteiger partial charge in [0.05, 0.1) is 12.2 Å². The van der Waals surface area contributed by atoms with Gasteiger partial charge in [0.1, 0.15) is 5.60 Å². The molecule has 0 atom stereocenters. The van der Waals surface area contributed by atoms with Crippen LogP contribution in [-0.4, -0.2) is 15.3 Å². The lowest BCUT2D eigenvalue weighted by Crippen LogP contribution is -2.24. The zero-order chi connectivity index (χ0) is 18.9. The van der Waals surface area contributed by atoms with Gasteiger partial charge >= 0.3 is 0 Å². The average molecular weight is 345 g/mol. The highest BCUT2D eigenvalue weighted by Crippen LogP contribution is 2.16. The quantitative estimate of drug-likeness (QED) is 0.718. The van der Waals surface area contributed by atoms with Crippen LogP contribution in [0.3, 0.4) is 0 Å². The number of hydrogen-bond donors (Lipinski definition) is 1. The minimum atomic E-state index is -1.12. The second kappa shape index (κ2) is 6.82. The van der Waals surface area contributed by atoms with Crippen molar-refractivity contribution >= 4 is 10.8 Å². The van der Waals surface area contributed by atoms with Crippen LogP contribution in [0.25, 0.3) is 10.8 Å². The lowest BCUT2D eigenvalue weighted by Gasteiger charge is -2.14. The molecule has 0 radical (unpaired) electrons. The van der Waals surface area contributed by atoms with Crippen LogP contribution in [0, 0.1) is 25.7 Å². The van der Waals surface area contributed by atoms with E-state index < -0.39 is 5.60 Å². The number of aryl methyl sites for hydroxylation is 2. The highest BCUT2D eigenvalue weighted by atomic mass is 16.3. The van der Waals surface area contributed by atoms with E-state index in [-0.39, 0.29) is 5.56 Å². The second-order valence-corrected chi connectivity index (χ2v) is 7.25. The highest BCUT2D eigenvalue weighted by molar-refractivity contribution is 5.82. The van der Waals surface area contributed by atoms with Crippen molar-refractivity contribution in [1.29, 1.82) is 0 Å². The largest absolute Gasteiger partial charge is 0.378 e. The van der Waals surface area contributed by atoms with Gasteiger partial charge in [0, 0.05) is 5.39 Å². The Morgan fingerprint density at radius 1 is 1.08 bits per heavy atom. The molecular formula is C23H23NO2. The standard InChI is InChI=1S/C23H23NO2/c1-16-9-10-19(17(2)13-16)15-24-20(11-12-23(3,4)26)14-18-7-5-6-8-21(18)22(24)25/h5-10,13-14,26H,15H2,1-4H3. The SMILES string of the molecule is Cc1ccc(Cn2c(C#CC(C)(C)O)cc3ccccc3c2=O)c(C)c1. The maximum Gasteiger partial charge on any atom is 0.259 e. The summed E-state index contributed by atoms with van der Waals surface area (Å²) in [6, 6.07) is 15.7. The topological polar surface area (TPSA) is 42.2 Å². The third-order valence-electron chi connectivity index (χ3n) is 4.34. The summed E-state index contributed by atoms with van der Waals surface area (Å²) >= 11 is 0. The Kier molecular flexibility index (Phi) is 4.71. The number of aliphatic hydroxyl groups is 1. The zero-order valence-corrected chi connectivity index (χ0v) is 15.6. The average Bonchev–Trinajstić information content (AvgIpc) is 2.57. The van der Waals surface area contributed by atoms with Crippen molar-refractivity contribution in [3.63, 3.8) is 0 Å². The molecule has 1 N–H and O–H groups in total. The van der Waals surface area contributed by atoms with Crippen LogP contribution in [0.1, 0.15) is 36.2 Å². The molecule has 132 valence electrons. The van der Waals surface area contributed by atoms with Gasteiger partial charge in [-0.3, -0.25) is 9.36 Å². The van der Waals surface area contributed by atoms with Crippen molar-refractivity contribution in [1.82, 2.24) is 4.57 Å². The molecule has 1 aromatic heterocycles. The molecule has 0 unspecified atom stereocenters. The van der Waals surface area contributed by atoms with E-state index in [1.807, 2.05) is 30.3 Å². The van der Waals surface area contributed by atoms with Crippen molar-refractivity contribution < 1.29 is 5.11 Å². The molecule has 0 spiro atoms. The van der Waals surface area contributed by atoms with Gasteiger partial charge in [-0.2, -0.15) is 0 Å². The number of hydrogen-bond acceptors (Lipinski definition) is 2. The van der Waals surface area contributed by atoms with E-state index >= 15 is 0 Å². The van der Waals surface area contributed by atoms with E-state index in [1.54, 1.807) is 18.4 Å². The van der Waals surface area contributed by atoms with Gasteiger partial charge in [-0.1, -0.05) is 47.9 Å². The van der Waals surface area contributed by atoms with Crippen molar-refractivity contribution in [2.24, 2.45) is 0 Å². The van der Waals surface area contributed by atoms with Gasteiger partial charge in [-0.05, 0) is 62.3 Å². The minimum Gasteiger partial charge on any atom is -0.378 e. The van der Waals surface area contributed by atoms with E-state index in [4.69, 9.17) is 0 Å². The van der Waals surface area contributed by atoms with E-state index in [0.29, 0.717) is 17.6 Å². The summed E-state index contributed by atoms with van der Waals surface area (Å²) in [5.74, 6) is 5.83. The fraction of sp³-hybridized carbons (Fsp3) is 0.261. The van der Waals surface area contributed by atoms with Gasteiger partial charge in [0.2, 0.25) is 0 Å². The van der Waals surface area contributed by atoms with E-state index in [9.17, 15) is 9.90 Å². The van der Waals surface area contributed by atoms with Gasteiger partial charge in [-0.15, -0.1) is 0 Å². The molecule has 0 aliphatic heterocycles. The predicted octanol–water partition coefficient (Wildman–Crippen LogP) is 3.79. The molecule has 0 saturated carbocycles. The van der Waals surface area contributed by atoms with Gasteiger partial charge in [-0.25, -0.2) is 0 Å². The smallest absolute Gasteiger partial charge is 0.259 e. The first-order valence-corrected chi connectivity index (χ1v) is 8.69. The van der Waals surface area contributed by atoms with Crippen molar-refractivity contribution in [2.75, 3.05) is 0 Å². The minimum absolute atomic E-state index is 0.0666. The Labute approximate surface area is 153 Å².